The summed E-state index contributed by atoms with van der Waals surface area (Å²) in [7, 11) is -3.57. The Morgan fingerprint density at radius 1 is 1.33 bits per heavy atom. The van der Waals surface area contributed by atoms with Gasteiger partial charge in [-0.1, -0.05) is 30.0 Å². The molecule has 1 fully saturated rings. The second kappa shape index (κ2) is 12.8. The number of sulfonamides is 1. The second-order valence-corrected chi connectivity index (χ2v) is 13.9. The Morgan fingerprint density at radius 2 is 2.00 bits per heavy atom. The molecule has 17 heteroatoms. The molecular weight excluding hydrogens is 733 g/mol. The molecule has 3 aromatic rings. The van der Waals surface area contributed by atoms with Crippen LogP contribution in [-0.4, -0.2) is 63.8 Å². The lowest BCUT2D eigenvalue weighted by Crippen LogP contribution is -3.00. The molecule has 232 valence electrons. The van der Waals surface area contributed by atoms with Crippen LogP contribution in [0.1, 0.15) is 30.7 Å². The first kappa shape index (κ1) is 33.3. The predicted molar refractivity (Wildman–Crippen MR) is 155 cm³/mol. The number of imidazole rings is 1. The van der Waals surface area contributed by atoms with Gasteiger partial charge in [-0.2, -0.15) is 4.40 Å². The van der Waals surface area contributed by atoms with E-state index < -0.39 is 39.0 Å². The molecule has 0 unspecified atom stereocenters. The van der Waals surface area contributed by atoms with Crippen molar-refractivity contribution in [3.63, 3.8) is 0 Å². The number of aromatic nitrogens is 2. The molecule has 0 radical (unpaired) electrons. The van der Waals surface area contributed by atoms with Crippen molar-refractivity contribution < 1.29 is 61.3 Å². The third-order valence-electron chi connectivity index (χ3n) is 7.57. The lowest BCUT2D eigenvalue weighted by Gasteiger charge is -2.46. The number of nitro groups is 1. The van der Waals surface area contributed by atoms with Crippen LogP contribution in [0.25, 0.3) is 10.4 Å². The van der Waals surface area contributed by atoms with Crippen LogP contribution in [0.3, 0.4) is 0 Å². The third-order valence-corrected chi connectivity index (χ3v) is 10.5. The SMILES string of the molecule is CSc1c2sc(C3=C(C(=O)OCc4ccc([N+](=O)[O-])cc4)N4C(=O)[C@H]([C@@H](C)O)[C@H]4[C@H]3C)cn2c[n+]1CCCS(N)(=O)=O.[I-]. The number of hydrogen-bond donors (Lipinski definition) is 2. The summed E-state index contributed by atoms with van der Waals surface area (Å²) in [5.41, 5.74) is 1.25. The number of aryl methyl sites for hydroxylation is 1. The molecule has 4 atom stereocenters. The van der Waals surface area contributed by atoms with Crippen LogP contribution in [0.4, 0.5) is 5.69 Å². The average molecular weight is 764 g/mol. The number of amides is 1. The quantitative estimate of drug-likeness (QED) is 0.0468. The van der Waals surface area contributed by atoms with Gasteiger partial charge in [0.25, 0.3) is 12.0 Å². The standard InChI is InChI=1S/C26H30N5O8S3.HI/c1-14-19(18-11-29-13-28(9-4-10-42(27,37)38)24(40-3)25(29)41-18)22(30-21(14)20(15(2)32)23(30)33)26(34)39-12-16-5-7-17(8-6-16)31(35)36;/h5-8,11,13-15,20-21,32H,4,9-10,12H2,1-3H3,(H2,27,37,38);1H/q+1;/p-1/t14-,15+,20+,21+;/m0./s1. The van der Waals surface area contributed by atoms with Crippen molar-refractivity contribution in [1.29, 1.82) is 0 Å². The van der Waals surface area contributed by atoms with Crippen molar-refractivity contribution >= 4 is 61.1 Å². The Balaban J connectivity index is 0.00000423. The molecule has 1 amide bonds. The fourth-order valence-corrected chi connectivity index (χ4v) is 8.41. The maximum absolute atomic E-state index is 13.6. The highest BCUT2D eigenvalue weighted by Gasteiger charge is 2.60. The Hall–Kier alpha value is -2.58. The van der Waals surface area contributed by atoms with Gasteiger partial charge in [-0.25, -0.2) is 22.9 Å². The van der Waals surface area contributed by atoms with E-state index in [1.165, 1.54) is 52.3 Å². The number of aliphatic hydroxyl groups is 1. The third kappa shape index (κ3) is 6.32. The molecule has 2 aliphatic rings. The zero-order valence-corrected chi connectivity index (χ0v) is 28.0. The molecule has 1 aromatic carbocycles. The number of β-lactam (4-membered cyclic amide) rings is 1. The molecule has 0 bridgehead atoms. The smallest absolute Gasteiger partial charge is 0.355 e. The normalized spacial score (nSPS) is 20.5. The van der Waals surface area contributed by atoms with Gasteiger partial charge in [0, 0.05) is 30.0 Å². The molecule has 43 heavy (non-hydrogen) atoms. The van der Waals surface area contributed by atoms with E-state index in [2.05, 4.69) is 0 Å². The van der Waals surface area contributed by atoms with Gasteiger partial charge in [0.05, 0.1) is 40.2 Å². The summed E-state index contributed by atoms with van der Waals surface area (Å²) in [6.07, 6.45) is 5.11. The maximum atomic E-state index is 13.6. The first-order valence-electron chi connectivity index (χ1n) is 13.1. The first-order chi connectivity index (χ1) is 19.8. The number of nitrogens with two attached hydrogens (primary N) is 1. The average Bonchev–Trinajstić information content (AvgIpc) is 3.53. The Bertz CT molecular complexity index is 1720. The van der Waals surface area contributed by atoms with Crippen molar-refractivity contribution in [2.75, 3.05) is 12.0 Å². The summed E-state index contributed by atoms with van der Waals surface area (Å²) in [4.78, 5) is 40.2. The molecule has 2 aliphatic heterocycles. The fraction of sp³-hybridized carbons (Fsp3) is 0.423. The van der Waals surface area contributed by atoms with Gasteiger partial charge in [0.2, 0.25) is 25.8 Å². The Kier molecular flexibility index (Phi) is 9.92. The summed E-state index contributed by atoms with van der Waals surface area (Å²) in [5.74, 6) is -2.10. The minimum Gasteiger partial charge on any atom is -1.00 e. The number of nitrogens with zero attached hydrogens (tertiary/aromatic N) is 4. The number of carbonyl (C=O) groups excluding carboxylic acids is 2. The maximum Gasteiger partial charge on any atom is 0.355 e. The number of thioether (sulfide) groups is 1. The molecule has 0 saturated carbocycles. The van der Waals surface area contributed by atoms with Gasteiger partial charge in [-0.3, -0.25) is 14.9 Å². The van der Waals surface area contributed by atoms with Crippen molar-refractivity contribution in [3.8, 4) is 0 Å². The number of non-ortho nitro benzene ring substituents is 1. The van der Waals surface area contributed by atoms with Crippen molar-refractivity contribution in [3.05, 3.63) is 63.0 Å². The summed E-state index contributed by atoms with van der Waals surface area (Å²) >= 11 is 2.94. The van der Waals surface area contributed by atoms with Gasteiger partial charge in [0.1, 0.15) is 18.5 Å². The van der Waals surface area contributed by atoms with E-state index in [-0.39, 0.29) is 59.5 Å². The second-order valence-electron chi connectivity index (χ2n) is 10.4. The molecule has 13 nitrogen and oxygen atoms in total. The molecule has 0 aliphatic carbocycles. The minimum absolute atomic E-state index is 0. The molecule has 5 rings (SSSR count). The van der Waals surface area contributed by atoms with Crippen LogP contribution in [0.15, 0.2) is 47.5 Å². The highest BCUT2D eigenvalue weighted by Crippen LogP contribution is 2.52. The van der Waals surface area contributed by atoms with E-state index in [1.807, 2.05) is 34.7 Å². The number of primary sulfonamides is 1. The zero-order valence-electron chi connectivity index (χ0n) is 23.4. The van der Waals surface area contributed by atoms with Gasteiger partial charge in [-0.05, 0) is 30.9 Å². The largest absolute Gasteiger partial charge is 1.00 e. The van der Waals surface area contributed by atoms with Crippen molar-refractivity contribution in [1.82, 2.24) is 9.30 Å². The molecule has 0 spiro atoms. The number of thiazole rings is 1. The predicted octanol–water partition coefficient (Wildman–Crippen LogP) is -1.09. The summed E-state index contributed by atoms with van der Waals surface area (Å²) < 4.78 is 32.2. The minimum atomic E-state index is -3.57. The number of halogens is 1. The molecule has 3 N–H and O–H groups in total. The van der Waals surface area contributed by atoms with E-state index >= 15 is 0 Å². The number of benzene rings is 1. The summed E-state index contributed by atoms with van der Waals surface area (Å²) in [6, 6.07) is 5.26. The number of rotatable bonds is 11. The van der Waals surface area contributed by atoms with E-state index in [0.29, 0.717) is 24.1 Å². The number of nitro benzene ring substituents is 1. The fourth-order valence-electron chi connectivity index (χ4n) is 5.67. The highest BCUT2D eigenvalue weighted by atomic mass is 127. The number of aliphatic hydroxyl groups excluding tert-OH is 1. The van der Waals surface area contributed by atoms with Gasteiger partial charge < -0.3 is 38.7 Å². The number of hydrogen-bond acceptors (Lipinski definition) is 10. The monoisotopic (exact) mass is 763 g/mol. The van der Waals surface area contributed by atoms with E-state index in [0.717, 1.165) is 14.7 Å². The topological polar surface area (TPSA) is 178 Å². The molecule has 1 saturated heterocycles. The lowest BCUT2D eigenvalue weighted by atomic mass is 9.77. The number of fused-ring (bicyclic) bond motifs is 2. The van der Waals surface area contributed by atoms with Crippen LogP contribution in [0.5, 0.6) is 0 Å². The molecule has 4 heterocycles. The van der Waals surface area contributed by atoms with E-state index in [9.17, 15) is 33.2 Å². The van der Waals surface area contributed by atoms with Crippen molar-refractivity contribution in [2.24, 2.45) is 17.0 Å². The number of esters is 1. The van der Waals surface area contributed by atoms with Crippen LogP contribution >= 0.6 is 23.1 Å². The Morgan fingerprint density at radius 3 is 2.58 bits per heavy atom. The van der Waals surface area contributed by atoms with Crippen LogP contribution < -0.4 is 33.7 Å². The van der Waals surface area contributed by atoms with Crippen LogP contribution in [0, 0.1) is 22.0 Å². The highest BCUT2D eigenvalue weighted by molar-refractivity contribution is 7.98. The van der Waals surface area contributed by atoms with Crippen LogP contribution in [-0.2, 0) is 37.5 Å². The van der Waals surface area contributed by atoms with E-state index in [1.54, 1.807) is 6.92 Å². The van der Waals surface area contributed by atoms with E-state index in [4.69, 9.17) is 9.88 Å². The first-order valence-corrected chi connectivity index (χ1v) is 16.8. The molecular formula is C26H30IN5O8S3. The Labute approximate surface area is 272 Å². The van der Waals surface area contributed by atoms with Gasteiger partial charge >= 0.3 is 5.97 Å². The number of ether oxygens (including phenoxy) is 1. The number of carbonyl (C=O) groups is 2. The summed E-state index contributed by atoms with van der Waals surface area (Å²) in [5, 5.41) is 27.3. The van der Waals surface area contributed by atoms with Crippen molar-refractivity contribution in [2.45, 2.75) is 50.6 Å². The van der Waals surface area contributed by atoms with Crippen LogP contribution in [0.2, 0.25) is 0 Å². The summed E-state index contributed by atoms with van der Waals surface area (Å²) in [6.45, 7) is 3.79. The molecule has 2 aromatic heterocycles. The van der Waals surface area contributed by atoms with Gasteiger partial charge in [-0.15, -0.1) is 0 Å². The van der Waals surface area contributed by atoms with Gasteiger partial charge in [0.15, 0.2) is 0 Å². The lowest BCUT2D eigenvalue weighted by molar-refractivity contribution is -0.729. The zero-order chi connectivity index (χ0) is 30.5.